The van der Waals surface area contributed by atoms with Crippen molar-refractivity contribution in [2.45, 2.75) is 53.4 Å². The number of aliphatic hydroxyl groups excluding tert-OH is 1. The fourth-order valence-corrected chi connectivity index (χ4v) is 7.59. The van der Waals surface area contributed by atoms with Gasteiger partial charge in [0.05, 0.1) is 6.10 Å². The normalized spacial score (nSPS) is 36.2. The molecule has 1 aliphatic carbocycles. The Morgan fingerprint density at radius 1 is 0.725 bits per heavy atom. The molecule has 2 heterocycles. The molecule has 4 aromatic rings. The van der Waals surface area contributed by atoms with Gasteiger partial charge in [-0.15, -0.1) is 0 Å². The van der Waals surface area contributed by atoms with Gasteiger partial charge in [-0.25, -0.2) is 4.79 Å². The Balaban J connectivity index is 1.57. The van der Waals surface area contributed by atoms with Gasteiger partial charge in [0.2, 0.25) is 5.60 Å². The molecule has 2 saturated heterocycles. The van der Waals surface area contributed by atoms with Crippen molar-refractivity contribution in [1.82, 2.24) is 0 Å². The summed E-state index contributed by atoms with van der Waals surface area (Å²) in [6.07, 6.45) is -2.40. The van der Waals surface area contributed by atoms with Gasteiger partial charge in [0.15, 0.2) is 16.8 Å². The summed E-state index contributed by atoms with van der Waals surface area (Å²) in [4.78, 5) is 14.2. The summed E-state index contributed by atoms with van der Waals surface area (Å²) in [5, 5.41) is 38.1. The van der Waals surface area contributed by atoms with E-state index in [4.69, 9.17) is 9.47 Å². The van der Waals surface area contributed by atoms with Gasteiger partial charge < -0.3 is 24.8 Å². The molecular formula is C34H30O6. The van der Waals surface area contributed by atoms with Crippen LogP contribution in [0.3, 0.4) is 0 Å². The van der Waals surface area contributed by atoms with Crippen LogP contribution in [0.4, 0.5) is 0 Å². The first-order valence-electron chi connectivity index (χ1n) is 13.6. The van der Waals surface area contributed by atoms with Crippen molar-refractivity contribution in [2.24, 2.45) is 0 Å². The van der Waals surface area contributed by atoms with Crippen LogP contribution in [0, 0.1) is 0 Å². The molecule has 1 saturated carbocycles. The Hall–Kier alpha value is -3.81. The second kappa shape index (κ2) is 8.85. The van der Waals surface area contributed by atoms with Gasteiger partial charge in [-0.2, -0.15) is 0 Å². The van der Waals surface area contributed by atoms with E-state index >= 15 is 0 Å². The number of aliphatic hydroxyl groups is 3. The first-order valence-corrected chi connectivity index (χ1v) is 13.6. The molecule has 0 amide bonds. The van der Waals surface area contributed by atoms with Crippen molar-refractivity contribution in [3.8, 4) is 0 Å². The Bertz CT molecular complexity index is 1530. The highest BCUT2D eigenvalue weighted by molar-refractivity contribution is 5.89. The Kier molecular flexibility index (Phi) is 5.57. The number of benzene rings is 4. The van der Waals surface area contributed by atoms with Gasteiger partial charge in [0.1, 0.15) is 6.10 Å². The summed E-state index contributed by atoms with van der Waals surface area (Å²) in [7, 11) is 0. The van der Waals surface area contributed by atoms with E-state index in [1.807, 2.05) is 91.0 Å². The van der Waals surface area contributed by atoms with E-state index in [9.17, 15) is 20.1 Å². The molecule has 6 nitrogen and oxygen atoms in total. The minimum atomic E-state index is -2.39. The monoisotopic (exact) mass is 534 g/mol. The third-order valence-corrected chi connectivity index (χ3v) is 9.27. The number of hydrogen-bond donors (Lipinski definition) is 3. The lowest BCUT2D eigenvalue weighted by molar-refractivity contribution is -0.292. The average molecular weight is 535 g/mol. The van der Waals surface area contributed by atoms with Crippen LogP contribution in [0.25, 0.3) is 0 Å². The molecule has 7 atom stereocenters. The Morgan fingerprint density at radius 3 is 1.85 bits per heavy atom. The number of ether oxygens (including phenoxy) is 2. The molecule has 0 spiro atoms. The maximum atomic E-state index is 14.2. The molecule has 2 aliphatic heterocycles. The van der Waals surface area contributed by atoms with Gasteiger partial charge in [-0.05, 0) is 28.7 Å². The van der Waals surface area contributed by atoms with Gasteiger partial charge in [0, 0.05) is 12.3 Å². The molecule has 3 fully saturated rings. The van der Waals surface area contributed by atoms with Crippen LogP contribution in [0.5, 0.6) is 0 Å². The number of hydrogen-bond acceptors (Lipinski definition) is 6. The van der Waals surface area contributed by atoms with Crippen molar-refractivity contribution in [2.75, 3.05) is 0 Å². The summed E-state index contributed by atoms with van der Waals surface area (Å²) in [6.45, 7) is 0. The molecule has 2 bridgehead atoms. The second-order valence-electron chi connectivity index (χ2n) is 11.1. The number of carbonyl (C=O) groups excluding carboxylic acids is 1. The highest BCUT2D eigenvalue weighted by Gasteiger charge is 2.93. The number of esters is 1. The third-order valence-electron chi connectivity index (χ3n) is 9.27. The summed E-state index contributed by atoms with van der Waals surface area (Å²) in [6, 6.07) is 36.6. The quantitative estimate of drug-likeness (QED) is 0.332. The second-order valence-corrected chi connectivity index (χ2v) is 11.1. The summed E-state index contributed by atoms with van der Waals surface area (Å²) < 4.78 is 13.3. The van der Waals surface area contributed by atoms with E-state index in [0.29, 0.717) is 5.56 Å². The first kappa shape index (κ1) is 25.2. The molecule has 0 aromatic heterocycles. The maximum absolute atomic E-state index is 14.2. The van der Waals surface area contributed by atoms with Crippen molar-refractivity contribution in [1.29, 1.82) is 0 Å². The molecule has 7 rings (SSSR count). The van der Waals surface area contributed by atoms with Crippen LogP contribution in [0.1, 0.15) is 40.7 Å². The van der Waals surface area contributed by atoms with Gasteiger partial charge in [-0.3, -0.25) is 0 Å². The van der Waals surface area contributed by atoms with Crippen LogP contribution in [0.2, 0.25) is 0 Å². The van der Waals surface area contributed by atoms with Crippen molar-refractivity contribution < 1.29 is 29.6 Å². The minimum absolute atomic E-state index is 0.0269. The average Bonchev–Trinajstić information content (AvgIpc) is 3.34. The Labute approximate surface area is 232 Å². The van der Waals surface area contributed by atoms with Crippen molar-refractivity contribution in [3.63, 3.8) is 0 Å². The van der Waals surface area contributed by atoms with E-state index in [1.54, 1.807) is 30.3 Å². The fourth-order valence-electron chi connectivity index (χ4n) is 7.59. The molecule has 4 aromatic carbocycles. The minimum Gasteiger partial charge on any atom is -0.450 e. The Morgan fingerprint density at radius 2 is 1.25 bits per heavy atom. The number of carbonyl (C=O) groups is 1. The predicted molar refractivity (Wildman–Crippen MR) is 147 cm³/mol. The molecular weight excluding hydrogens is 504 g/mol. The zero-order valence-corrected chi connectivity index (χ0v) is 21.8. The lowest BCUT2D eigenvalue weighted by Gasteiger charge is -2.58. The highest BCUT2D eigenvalue weighted by atomic mass is 16.7. The van der Waals surface area contributed by atoms with Gasteiger partial charge in [0.25, 0.3) is 0 Å². The maximum Gasteiger partial charge on any atom is 0.342 e. The van der Waals surface area contributed by atoms with E-state index in [2.05, 4.69) is 0 Å². The van der Waals surface area contributed by atoms with Gasteiger partial charge >= 0.3 is 5.97 Å². The topological polar surface area (TPSA) is 96.2 Å². The first-order chi connectivity index (χ1) is 19.4. The zero-order chi connectivity index (χ0) is 27.6. The van der Waals surface area contributed by atoms with Crippen molar-refractivity contribution >= 4 is 5.97 Å². The fraction of sp³-hybridized carbons (Fsp3) is 0.265. The van der Waals surface area contributed by atoms with Crippen LogP contribution < -0.4 is 0 Å². The summed E-state index contributed by atoms with van der Waals surface area (Å²) >= 11 is 0. The summed E-state index contributed by atoms with van der Waals surface area (Å²) in [5.41, 5.74) is -5.98. The molecule has 6 heteroatoms. The van der Waals surface area contributed by atoms with Crippen LogP contribution >= 0.6 is 0 Å². The molecule has 40 heavy (non-hydrogen) atoms. The molecule has 3 aliphatic rings. The molecule has 3 N–H and O–H groups in total. The van der Waals surface area contributed by atoms with E-state index in [0.717, 1.165) is 11.1 Å². The van der Waals surface area contributed by atoms with E-state index in [-0.39, 0.29) is 18.4 Å². The smallest absolute Gasteiger partial charge is 0.342 e. The largest absolute Gasteiger partial charge is 0.450 e. The van der Waals surface area contributed by atoms with Crippen LogP contribution in [-0.2, 0) is 26.3 Å². The predicted octanol–water partition coefficient (Wildman–Crippen LogP) is 4.20. The lowest BCUT2D eigenvalue weighted by Crippen LogP contribution is -2.77. The third kappa shape index (κ3) is 2.99. The highest BCUT2D eigenvalue weighted by Crippen LogP contribution is 2.74. The van der Waals surface area contributed by atoms with E-state index < -0.39 is 46.5 Å². The summed E-state index contributed by atoms with van der Waals surface area (Å²) in [5.74, 6) is -1.44. The SMILES string of the molecule is O=C1O[C@@]23[C@H](c4ccccc4)C[C@@H](O)[C@@](O)(c4ccccc4)[C@]2(O)[C@]1(Cc1ccccc1)O[C@H]3c1ccccc1. The molecule has 0 radical (unpaired) electrons. The molecule has 202 valence electrons. The van der Waals surface area contributed by atoms with Gasteiger partial charge in [-0.1, -0.05) is 121 Å². The molecule has 0 unspecified atom stereocenters. The van der Waals surface area contributed by atoms with Crippen LogP contribution in [-0.4, -0.2) is 44.2 Å². The van der Waals surface area contributed by atoms with E-state index in [1.165, 1.54) is 0 Å². The lowest BCUT2D eigenvalue weighted by atomic mass is 9.50. The number of rotatable bonds is 5. The zero-order valence-electron chi connectivity index (χ0n) is 21.8. The standard InChI is InChI=1S/C34H30O6/c35-28-21-27(24-15-7-2-8-16-24)33-29(25-17-9-3-10-18-25)39-31(30(36)40-33,22-23-13-5-1-6-14-23)34(33,38)32(28,37)26-19-11-4-12-20-26/h1-20,27-29,35,37-38H,21-22H2/t27-,28+,29-,31+,32-,33+,34+/m0/s1. The van der Waals surface area contributed by atoms with Crippen LogP contribution in [0.15, 0.2) is 121 Å². The van der Waals surface area contributed by atoms with Crippen molar-refractivity contribution in [3.05, 3.63) is 144 Å².